The lowest BCUT2D eigenvalue weighted by Crippen LogP contribution is -2.52. The van der Waals surface area contributed by atoms with Gasteiger partial charge in [0.25, 0.3) is 5.92 Å². The Labute approximate surface area is 262 Å². The van der Waals surface area contributed by atoms with E-state index in [1.165, 1.54) is 54.7 Å². The summed E-state index contributed by atoms with van der Waals surface area (Å²) in [6.45, 7) is 0.601. The summed E-state index contributed by atoms with van der Waals surface area (Å²) in [4.78, 5) is 29.3. The molecule has 1 aliphatic carbocycles. The number of carbonyl (C=O) groups is 2. The first kappa shape index (κ1) is 33.4. The molecule has 4 N–H and O–H groups in total. The van der Waals surface area contributed by atoms with Gasteiger partial charge in [-0.1, -0.05) is 24.3 Å². The summed E-state index contributed by atoms with van der Waals surface area (Å²) in [7, 11) is 0. The highest BCUT2D eigenvalue weighted by Crippen LogP contribution is 2.37. The van der Waals surface area contributed by atoms with Crippen LogP contribution in [0.5, 0.6) is 0 Å². The van der Waals surface area contributed by atoms with Gasteiger partial charge in [-0.15, -0.1) is 0 Å². The van der Waals surface area contributed by atoms with Gasteiger partial charge in [-0.3, -0.25) is 9.78 Å². The first-order valence-corrected chi connectivity index (χ1v) is 15.0. The minimum absolute atomic E-state index is 0.00992. The molecule has 0 radical (unpaired) electrons. The van der Waals surface area contributed by atoms with Crippen molar-refractivity contribution in [1.29, 1.82) is 0 Å². The van der Waals surface area contributed by atoms with E-state index < -0.39 is 66.1 Å². The second-order valence-electron chi connectivity index (χ2n) is 11.8. The Kier molecular flexibility index (Phi) is 10.6. The average molecular weight is 647 g/mol. The molecule has 1 aliphatic heterocycles. The summed E-state index contributed by atoms with van der Waals surface area (Å²) in [5.74, 6) is -5.33. The number of rotatable bonds is 12. The van der Waals surface area contributed by atoms with Crippen LogP contribution in [0.1, 0.15) is 47.4 Å². The second kappa shape index (κ2) is 14.7. The Balaban J connectivity index is 1.15. The maximum atomic E-state index is 15.0. The standard InChI is InChI=1S/C33H35F5N4O4/c34-22-5-1-19(2-6-22)30(20-3-7-23(35)8-4-20)31(39)29(43)11-21-14-40-16-28(36)27(21)10-9-26-15-41-25(17-45-26)18-46-32(44)42-24-12-33(37,38)13-24/h1-8,14,16,24-26,30-31,41H,9-13,15,17-18,39H2,(H,42,44)/t25-,26+,31+/m0/s1. The number of nitrogens with zero attached hydrogens (tertiary/aromatic N) is 1. The molecule has 3 atom stereocenters. The maximum Gasteiger partial charge on any atom is 0.407 e. The minimum atomic E-state index is -2.74. The number of hydrogen-bond acceptors (Lipinski definition) is 7. The molecular weight excluding hydrogens is 611 g/mol. The molecule has 2 heterocycles. The van der Waals surface area contributed by atoms with E-state index in [-0.39, 0.29) is 38.2 Å². The van der Waals surface area contributed by atoms with E-state index in [9.17, 15) is 31.5 Å². The summed E-state index contributed by atoms with van der Waals surface area (Å²) >= 11 is 0. The highest BCUT2D eigenvalue weighted by molar-refractivity contribution is 5.87. The Morgan fingerprint density at radius 3 is 2.22 bits per heavy atom. The van der Waals surface area contributed by atoms with Gasteiger partial charge in [-0.25, -0.2) is 26.7 Å². The normalized spacial score (nSPS) is 20.2. The number of amides is 1. The number of pyridine rings is 1. The minimum Gasteiger partial charge on any atom is -0.448 e. The summed E-state index contributed by atoms with van der Waals surface area (Å²) in [5, 5.41) is 5.62. The van der Waals surface area contributed by atoms with Crippen LogP contribution >= 0.6 is 0 Å². The van der Waals surface area contributed by atoms with E-state index in [0.717, 1.165) is 6.20 Å². The van der Waals surface area contributed by atoms with E-state index >= 15 is 0 Å². The van der Waals surface area contributed by atoms with Gasteiger partial charge in [0.1, 0.15) is 24.1 Å². The van der Waals surface area contributed by atoms with Crippen LogP contribution in [0.4, 0.5) is 26.7 Å². The number of carbonyl (C=O) groups excluding carboxylic acids is 2. The van der Waals surface area contributed by atoms with Crippen molar-refractivity contribution in [3.05, 3.63) is 101 Å². The van der Waals surface area contributed by atoms with Crippen LogP contribution in [0.2, 0.25) is 0 Å². The first-order chi connectivity index (χ1) is 22.0. The molecule has 13 heteroatoms. The smallest absolute Gasteiger partial charge is 0.407 e. The third-order valence-electron chi connectivity index (χ3n) is 8.36. The summed E-state index contributed by atoms with van der Waals surface area (Å²) in [6, 6.07) is 9.12. The zero-order valence-corrected chi connectivity index (χ0v) is 24.9. The number of morpholine rings is 1. The lowest BCUT2D eigenvalue weighted by molar-refractivity contribution is -0.120. The number of Topliss-reactive ketones (excluding diaryl/α,β-unsaturated/α-hetero) is 1. The van der Waals surface area contributed by atoms with Crippen LogP contribution in [0.25, 0.3) is 0 Å². The molecule has 0 spiro atoms. The van der Waals surface area contributed by atoms with Gasteiger partial charge >= 0.3 is 6.09 Å². The second-order valence-corrected chi connectivity index (χ2v) is 11.8. The maximum absolute atomic E-state index is 15.0. The fourth-order valence-corrected chi connectivity index (χ4v) is 5.79. The Bertz CT molecular complexity index is 1450. The Morgan fingerprint density at radius 1 is 1.02 bits per heavy atom. The molecule has 8 nitrogen and oxygen atoms in total. The Hall–Kier alpha value is -3.94. The molecule has 3 aromatic rings. The van der Waals surface area contributed by atoms with Crippen molar-refractivity contribution < 1.29 is 41.0 Å². The van der Waals surface area contributed by atoms with Crippen LogP contribution in [0.3, 0.4) is 0 Å². The van der Waals surface area contributed by atoms with Crippen molar-refractivity contribution in [2.45, 2.75) is 68.2 Å². The molecule has 1 aromatic heterocycles. The van der Waals surface area contributed by atoms with Crippen molar-refractivity contribution in [2.75, 3.05) is 19.8 Å². The molecule has 2 aromatic carbocycles. The number of aromatic nitrogens is 1. The average Bonchev–Trinajstić information content (AvgIpc) is 3.01. The molecule has 2 fully saturated rings. The molecule has 0 unspecified atom stereocenters. The van der Waals surface area contributed by atoms with E-state index in [0.29, 0.717) is 35.2 Å². The van der Waals surface area contributed by atoms with E-state index in [1.54, 1.807) is 0 Å². The van der Waals surface area contributed by atoms with Crippen LogP contribution in [-0.2, 0) is 27.1 Å². The third kappa shape index (κ3) is 8.65. The number of alkyl carbamates (subject to hydrolysis) is 1. The first-order valence-electron chi connectivity index (χ1n) is 15.0. The van der Waals surface area contributed by atoms with E-state index in [2.05, 4.69) is 15.6 Å². The predicted molar refractivity (Wildman–Crippen MR) is 158 cm³/mol. The van der Waals surface area contributed by atoms with Gasteiger partial charge in [0.05, 0.1) is 31.0 Å². The van der Waals surface area contributed by atoms with Gasteiger partial charge in [0, 0.05) is 44.0 Å². The van der Waals surface area contributed by atoms with Crippen LogP contribution in [-0.4, -0.2) is 66.8 Å². The van der Waals surface area contributed by atoms with Gasteiger partial charge in [-0.05, 0) is 59.4 Å². The van der Waals surface area contributed by atoms with Gasteiger partial charge in [-0.2, -0.15) is 0 Å². The topological polar surface area (TPSA) is 116 Å². The lowest BCUT2D eigenvalue weighted by Gasteiger charge is -2.35. The molecule has 246 valence electrons. The Morgan fingerprint density at radius 2 is 1.65 bits per heavy atom. The van der Waals surface area contributed by atoms with Crippen molar-refractivity contribution in [1.82, 2.24) is 15.6 Å². The number of alkyl halides is 2. The van der Waals surface area contributed by atoms with E-state index in [4.69, 9.17) is 15.2 Å². The fourth-order valence-electron chi connectivity index (χ4n) is 5.79. The zero-order valence-electron chi connectivity index (χ0n) is 24.9. The van der Waals surface area contributed by atoms with Gasteiger partial charge in [0.15, 0.2) is 5.78 Å². The highest BCUT2D eigenvalue weighted by Gasteiger charge is 2.46. The summed E-state index contributed by atoms with van der Waals surface area (Å²) < 4.78 is 79.2. The largest absolute Gasteiger partial charge is 0.448 e. The SMILES string of the molecule is N[C@H](C(=O)Cc1cncc(F)c1CC[C@@H]1CN[C@H](COC(=O)NC2CC(F)(F)C2)CO1)C(c1ccc(F)cc1)c1ccc(F)cc1. The molecule has 1 saturated carbocycles. The molecule has 0 bridgehead atoms. The number of ether oxygens (including phenoxy) is 2. The zero-order chi connectivity index (χ0) is 32.8. The van der Waals surface area contributed by atoms with E-state index in [1.807, 2.05) is 0 Å². The quantitative estimate of drug-likeness (QED) is 0.247. The number of hydrogen-bond donors (Lipinski definition) is 3. The summed E-state index contributed by atoms with van der Waals surface area (Å²) in [5.41, 5.74) is 8.31. The number of benzene rings is 2. The molecular formula is C33H35F5N4O4. The summed E-state index contributed by atoms with van der Waals surface area (Å²) in [6.07, 6.45) is 1.10. The molecule has 5 rings (SSSR count). The van der Waals surface area contributed by atoms with Crippen LogP contribution in [0, 0.1) is 17.5 Å². The van der Waals surface area contributed by atoms with Crippen molar-refractivity contribution in [3.8, 4) is 0 Å². The molecule has 46 heavy (non-hydrogen) atoms. The number of nitrogens with two attached hydrogens (primary N) is 1. The monoisotopic (exact) mass is 646 g/mol. The predicted octanol–water partition coefficient (Wildman–Crippen LogP) is 4.58. The number of ketones is 1. The molecule has 1 saturated heterocycles. The van der Waals surface area contributed by atoms with Crippen molar-refractivity contribution >= 4 is 11.9 Å². The van der Waals surface area contributed by atoms with Crippen molar-refractivity contribution in [3.63, 3.8) is 0 Å². The van der Waals surface area contributed by atoms with Gasteiger partial charge < -0.3 is 25.8 Å². The number of nitrogens with one attached hydrogen (secondary N) is 2. The number of halogens is 5. The highest BCUT2D eigenvalue weighted by atomic mass is 19.3. The molecule has 2 aliphatic rings. The lowest BCUT2D eigenvalue weighted by atomic mass is 9.82. The van der Waals surface area contributed by atoms with Crippen LogP contribution in [0.15, 0.2) is 60.9 Å². The van der Waals surface area contributed by atoms with Crippen molar-refractivity contribution in [2.24, 2.45) is 5.73 Å². The van der Waals surface area contributed by atoms with Crippen LogP contribution < -0.4 is 16.4 Å². The third-order valence-corrected chi connectivity index (χ3v) is 8.36. The fraction of sp³-hybridized carbons (Fsp3) is 0.424. The molecule has 1 amide bonds. The van der Waals surface area contributed by atoms with Gasteiger partial charge in [0.2, 0.25) is 0 Å².